The zero-order chi connectivity index (χ0) is 19.4. The van der Waals surface area contributed by atoms with Crippen molar-refractivity contribution < 1.29 is 9.53 Å². The summed E-state index contributed by atoms with van der Waals surface area (Å²) in [4.78, 5) is 17.2. The molecule has 1 saturated heterocycles. The first-order valence-electron chi connectivity index (χ1n) is 9.27. The number of tetrazole rings is 1. The Hall–Kier alpha value is -2.32. The van der Waals surface area contributed by atoms with Gasteiger partial charge < -0.3 is 9.64 Å². The third kappa shape index (κ3) is 3.86. The number of piperidine rings is 1. The fourth-order valence-electron chi connectivity index (χ4n) is 3.78. The van der Waals surface area contributed by atoms with Gasteiger partial charge in [-0.15, -0.1) is 5.10 Å². The van der Waals surface area contributed by atoms with Crippen molar-refractivity contribution in [2.24, 2.45) is 0 Å². The van der Waals surface area contributed by atoms with E-state index in [-0.39, 0.29) is 5.91 Å². The molecular weight excluding hydrogens is 344 g/mol. The van der Waals surface area contributed by atoms with Crippen LogP contribution in [-0.4, -0.2) is 76.8 Å². The Morgan fingerprint density at radius 1 is 1.37 bits per heavy atom. The van der Waals surface area contributed by atoms with Crippen LogP contribution in [0.5, 0.6) is 0 Å². The molecule has 0 bridgehead atoms. The Morgan fingerprint density at radius 2 is 2.19 bits per heavy atom. The summed E-state index contributed by atoms with van der Waals surface area (Å²) in [5.41, 5.74) is 1.39. The lowest BCUT2D eigenvalue weighted by Crippen LogP contribution is -2.56. The molecule has 3 rings (SSSR count). The fourth-order valence-corrected chi connectivity index (χ4v) is 3.78. The van der Waals surface area contributed by atoms with E-state index in [2.05, 4.69) is 20.4 Å². The van der Waals surface area contributed by atoms with E-state index in [0.29, 0.717) is 19.7 Å². The Bertz CT molecular complexity index is 790. The molecule has 2 heterocycles. The van der Waals surface area contributed by atoms with Crippen LogP contribution in [-0.2, 0) is 16.8 Å². The van der Waals surface area contributed by atoms with Gasteiger partial charge >= 0.3 is 0 Å². The summed E-state index contributed by atoms with van der Waals surface area (Å²) < 4.78 is 6.98. The van der Waals surface area contributed by atoms with Gasteiger partial charge in [0.15, 0.2) is 5.82 Å². The predicted molar refractivity (Wildman–Crippen MR) is 101 cm³/mol. The van der Waals surface area contributed by atoms with Crippen LogP contribution in [0, 0.1) is 6.92 Å². The van der Waals surface area contributed by atoms with Crippen LogP contribution in [0.1, 0.15) is 34.6 Å². The second-order valence-electron chi connectivity index (χ2n) is 7.34. The molecule has 1 fully saturated rings. The number of aromatic nitrogens is 4. The molecule has 1 unspecified atom stereocenters. The third-order valence-corrected chi connectivity index (χ3v) is 5.33. The lowest BCUT2D eigenvalue weighted by molar-refractivity contribution is 0.0251. The molecule has 8 nitrogen and oxygen atoms in total. The molecule has 1 atom stereocenters. The van der Waals surface area contributed by atoms with Crippen molar-refractivity contribution in [2.45, 2.75) is 31.8 Å². The molecule has 0 aliphatic carbocycles. The van der Waals surface area contributed by atoms with E-state index in [1.807, 2.05) is 50.2 Å². The van der Waals surface area contributed by atoms with Gasteiger partial charge in [0.1, 0.15) is 5.54 Å². The van der Waals surface area contributed by atoms with Gasteiger partial charge in [0.25, 0.3) is 5.91 Å². The highest BCUT2D eigenvalue weighted by atomic mass is 16.5. The Kier molecular flexibility index (Phi) is 5.86. The SMILES string of the molecule is COCCn1nnnc1C1(N(C)C)CCCN(C(=O)c2cccc(C)c2)C1. The average molecular weight is 372 g/mol. The van der Waals surface area contributed by atoms with Crippen LogP contribution in [0.15, 0.2) is 24.3 Å². The van der Waals surface area contributed by atoms with E-state index in [4.69, 9.17) is 4.74 Å². The number of benzene rings is 1. The second-order valence-corrected chi connectivity index (χ2v) is 7.34. The van der Waals surface area contributed by atoms with Gasteiger partial charge in [-0.05, 0) is 56.4 Å². The van der Waals surface area contributed by atoms with Crippen molar-refractivity contribution in [3.05, 3.63) is 41.2 Å². The number of nitrogens with zero attached hydrogens (tertiary/aromatic N) is 6. The maximum atomic E-state index is 13.1. The predicted octanol–water partition coefficient (Wildman–Crippen LogP) is 1.32. The summed E-state index contributed by atoms with van der Waals surface area (Å²) in [5.74, 6) is 0.840. The van der Waals surface area contributed by atoms with Crippen LogP contribution >= 0.6 is 0 Å². The number of hydrogen-bond donors (Lipinski definition) is 0. The van der Waals surface area contributed by atoms with Gasteiger partial charge in [0.05, 0.1) is 13.2 Å². The minimum Gasteiger partial charge on any atom is -0.383 e. The summed E-state index contributed by atoms with van der Waals surface area (Å²) in [5, 5.41) is 12.4. The minimum absolute atomic E-state index is 0.0561. The number of hydrogen-bond acceptors (Lipinski definition) is 6. The monoisotopic (exact) mass is 372 g/mol. The summed E-state index contributed by atoms with van der Waals surface area (Å²) in [6, 6.07) is 7.75. The van der Waals surface area contributed by atoms with Crippen molar-refractivity contribution in [3.63, 3.8) is 0 Å². The highest BCUT2D eigenvalue weighted by molar-refractivity contribution is 5.94. The molecule has 1 aliphatic heterocycles. The summed E-state index contributed by atoms with van der Waals surface area (Å²) in [6.07, 6.45) is 1.79. The molecule has 27 heavy (non-hydrogen) atoms. The zero-order valence-corrected chi connectivity index (χ0v) is 16.6. The molecule has 8 heteroatoms. The maximum absolute atomic E-state index is 13.1. The van der Waals surface area contributed by atoms with Crippen molar-refractivity contribution in [1.29, 1.82) is 0 Å². The van der Waals surface area contributed by atoms with Gasteiger partial charge in [-0.2, -0.15) is 0 Å². The molecule has 0 saturated carbocycles. The van der Waals surface area contributed by atoms with E-state index in [1.54, 1.807) is 11.8 Å². The van der Waals surface area contributed by atoms with Crippen LogP contribution in [0.3, 0.4) is 0 Å². The van der Waals surface area contributed by atoms with Crippen molar-refractivity contribution in [3.8, 4) is 0 Å². The first-order valence-corrected chi connectivity index (χ1v) is 9.27. The number of ether oxygens (including phenoxy) is 1. The van der Waals surface area contributed by atoms with Crippen LogP contribution in [0.2, 0.25) is 0 Å². The zero-order valence-electron chi connectivity index (χ0n) is 16.6. The van der Waals surface area contributed by atoms with Gasteiger partial charge in [-0.3, -0.25) is 9.69 Å². The number of rotatable bonds is 6. The molecular formula is C19H28N6O2. The molecule has 0 N–H and O–H groups in total. The summed E-state index contributed by atoms with van der Waals surface area (Å²) in [7, 11) is 5.71. The Morgan fingerprint density at radius 3 is 2.89 bits per heavy atom. The number of methoxy groups -OCH3 is 1. The second kappa shape index (κ2) is 8.14. The lowest BCUT2D eigenvalue weighted by atomic mass is 9.86. The molecule has 2 aromatic rings. The van der Waals surface area contributed by atoms with Crippen molar-refractivity contribution in [1.82, 2.24) is 30.0 Å². The number of amides is 1. The van der Waals surface area contributed by atoms with E-state index in [0.717, 1.165) is 36.3 Å². The molecule has 0 spiro atoms. The smallest absolute Gasteiger partial charge is 0.253 e. The van der Waals surface area contributed by atoms with E-state index >= 15 is 0 Å². The first kappa shape index (κ1) is 19.4. The van der Waals surface area contributed by atoms with Gasteiger partial charge in [-0.25, -0.2) is 4.68 Å². The topological polar surface area (TPSA) is 76.4 Å². The highest BCUT2D eigenvalue weighted by Crippen LogP contribution is 2.35. The first-order chi connectivity index (χ1) is 13.0. The molecule has 1 aromatic heterocycles. The van der Waals surface area contributed by atoms with Gasteiger partial charge in [0.2, 0.25) is 0 Å². The largest absolute Gasteiger partial charge is 0.383 e. The number of likely N-dealkylation sites (N-methyl/N-ethyl adjacent to an activating group) is 1. The Labute approximate surface area is 160 Å². The number of likely N-dealkylation sites (tertiary alicyclic amines) is 1. The normalized spacial score (nSPS) is 20.3. The quantitative estimate of drug-likeness (QED) is 0.761. The molecule has 1 amide bonds. The van der Waals surface area contributed by atoms with Gasteiger partial charge in [-0.1, -0.05) is 17.7 Å². The lowest BCUT2D eigenvalue weighted by Gasteiger charge is -2.45. The summed E-state index contributed by atoms with van der Waals surface area (Å²) >= 11 is 0. The van der Waals surface area contributed by atoms with Gasteiger partial charge in [0, 0.05) is 25.8 Å². The minimum atomic E-state index is -0.422. The summed E-state index contributed by atoms with van der Waals surface area (Å²) in [6.45, 7) is 4.41. The third-order valence-electron chi connectivity index (χ3n) is 5.33. The molecule has 1 aromatic carbocycles. The molecule has 0 radical (unpaired) electrons. The molecule has 1 aliphatic rings. The number of carbonyl (C=O) groups is 1. The van der Waals surface area contributed by atoms with Crippen molar-refractivity contribution in [2.75, 3.05) is 40.9 Å². The van der Waals surface area contributed by atoms with E-state index < -0.39 is 5.54 Å². The van der Waals surface area contributed by atoms with Crippen LogP contribution < -0.4 is 0 Å². The number of aryl methyl sites for hydroxylation is 1. The van der Waals surface area contributed by atoms with Crippen LogP contribution in [0.4, 0.5) is 0 Å². The highest BCUT2D eigenvalue weighted by Gasteiger charge is 2.44. The van der Waals surface area contributed by atoms with Crippen LogP contribution in [0.25, 0.3) is 0 Å². The van der Waals surface area contributed by atoms with E-state index in [9.17, 15) is 4.79 Å². The average Bonchev–Trinajstić information content (AvgIpc) is 3.14. The maximum Gasteiger partial charge on any atom is 0.253 e. The fraction of sp³-hybridized carbons (Fsp3) is 0.579. The Balaban J connectivity index is 1.90. The standard InChI is InChI=1S/C19H28N6O2/c1-15-7-5-8-16(13-15)17(26)24-10-6-9-19(14-24,23(2)3)18-20-21-22-25(18)11-12-27-4/h5,7-8,13H,6,9-12,14H2,1-4H3. The number of carbonyl (C=O) groups excluding carboxylic acids is 1. The van der Waals surface area contributed by atoms with Crippen molar-refractivity contribution >= 4 is 5.91 Å². The van der Waals surface area contributed by atoms with E-state index in [1.165, 1.54) is 0 Å². The molecule has 146 valence electrons.